The van der Waals surface area contributed by atoms with E-state index >= 15 is 0 Å². The molecule has 7 nitrogen and oxygen atoms in total. The number of carbonyl (C=O) groups is 3. The smallest absolute Gasteiger partial charge is 0.408 e. The summed E-state index contributed by atoms with van der Waals surface area (Å²) in [7, 11) is 0. The van der Waals surface area contributed by atoms with Gasteiger partial charge in [0.05, 0.1) is 0 Å². The minimum absolute atomic E-state index is 0.0288. The number of nitrogens with one attached hydrogen (secondary N) is 2. The molecule has 33 heavy (non-hydrogen) atoms. The van der Waals surface area contributed by atoms with E-state index in [4.69, 9.17) is 4.74 Å². The predicted molar refractivity (Wildman–Crippen MR) is 133 cm³/mol. The second kappa shape index (κ2) is 11.8. The van der Waals surface area contributed by atoms with Crippen molar-refractivity contribution < 1.29 is 19.1 Å². The molecule has 0 heterocycles. The molecule has 0 spiro atoms. The molecule has 0 radical (unpaired) electrons. The summed E-state index contributed by atoms with van der Waals surface area (Å²) >= 11 is 1.60. The lowest BCUT2D eigenvalue weighted by molar-refractivity contribution is -0.143. The van der Waals surface area contributed by atoms with Crippen molar-refractivity contribution in [3.63, 3.8) is 0 Å². The van der Waals surface area contributed by atoms with Crippen LogP contribution in [-0.4, -0.2) is 58.5 Å². The maximum atomic E-state index is 13.9. The van der Waals surface area contributed by atoms with Gasteiger partial charge in [-0.25, -0.2) is 4.79 Å². The second-order valence-corrected chi connectivity index (χ2v) is 10.9. The third-order valence-electron chi connectivity index (χ3n) is 5.15. The Morgan fingerprint density at radius 2 is 1.73 bits per heavy atom. The van der Waals surface area contributed by atoms with Crippen molar-refractivity contribution in [1.82, 2.24) is 15.5 Å². The topological polar surface area (TPSA) is 87.7 Å². The monoisotopic (exact) mass is 477 g/mol. The van der Waals surface area contributed by atoms with Crippen LogP contribution >= 0.6 is 11.8 Å². The number of hydrogen-bond donors (Lipinski definition) is 2. The standard InChI is InChI=1S/C25H39N3O4S/c1-16(2)26-22(29)21(18-10-8-17(3)9-11-18)28(19-12-13-19)23(30)20(14-15-33-7)27-24(31)32-25(4,5)6/h8-11,16,19-21H,12-15H2,1-7H3,(H,26,29)(H,27,31). The second-order valence-electron chi connectivity index (χ2n) is 9.93. The molecule has 0 aromatic heterocycles. The molecule has 1 aromatic rings. The average Bonchev–Trinajstić information content (AvgIpc) is 3.52. The van der Waals surface area contributed by atoms with Crippen LogP contribution in [0.3, 0.4) is 0 Å². The lowest BCUT2D eigenvalue weighted by Crippen LogP contribution is -2.54. The number of ether oxygens (including phenoxy) is 1. The maximum absolute atomic E-state index is 13.9. The molecular formula is C25H39N3O4S. The first kappa shape index (κ1) is 27.0. The van der Waals surface area contributed by atoms with Gasteiger partial charge in [-0.1, -0.05) is 29.8 Å². The molecule has 184 valence electrons. The third-order valence-corrected chi connectivity index (χ3v) is 5.79. The number of nitrogens with zero attached hydrogens (tertiary/aromatic N) is 1. The summed E-state index contributed by atoms with van der Waals surface area (Å²) < 4.78 is 5.41. The Kier molecular flexibility index (Phi) is 9.64. The molecule has 1 aliphatic carbocycles. The van der Waals surface area contributed by atoms with Gasteiger partial charge in [-0.15, -0.1) is 0 Å². The summed E-state index contributed by atoms with van der Waals surface area (Å²) in [4.78, 5) is 41.4. The SMILES string of the molecule is CSCCC(NC(=O)OC(C)(C)C)C(=O)N(C1CC1)C(C(=O)NC(C)C)c1ccc(C)cc1. The van der Waals surface area contributed by atoms with Crippen molar-refractivity contribution in [3.8, 4) is 0 Å². The molecule has 0 saturated heterocycles. The molecule has 2 N–H and O–H groups in total. The quantitative estimate of drug-likeness (QED) is 0.527. The summed E-state index contributed by atoms with van der Waals surface area (Å²) in [6, 6.07) is 6.09. The summed E-state index contributed by atoms with van der Waals surface area (Å²) in [5.41, 5.74) is 1.17. The molecule has 1 fully saturated rings. The van der Waals surface area contributed by atoms with Crippen molar-refractivity contribution in [1.29, 1.82) is 0 Å². The first-order valence-corrected chi connectivity index (χ1v) is 13.0. The minimum atomic E-state index is -0.771. The van der Waals surface area contributed by atoms with E-state index in [1.807, 2.05) is 51.3 Å². The van der Waals surface area contributed by atoms with Crippen molar-refractivity contribution in [3.05, 3.63) is 35.4 Å². The number of amides is 3. The molecule has 0 aliphatic heterocycles. The molecule has 3 amide bonds. The Bertz CT molecular complexity index is 816. The van der Waals surface area contributed by atoms with Crippen LogP contribution in [0.15, 0.2) is 24.3 Å². The van der Waals surface area contributed by atoms with Crippen molar-refractivity contribution >= 4 is 29.7 Å². The zero-order valence-electron chi connectivity index (χ0n) is 20.9. The zero-order chi connectivity index (χ0) is 24.8. The fraction of sp³-hybridized carbons (Fsp3) is 0.640. The van der Waals surface area contributed by atoms with Gasteiger partial charge >= 0.3 is 6.09 Å². The number of rotatable bonds is 10. The van der Waals surface area contributed by atoms with E-state index in [2.05, 4.69) is 10.6 Å². The van der Waals surface area contributed by atoms with Gasteiger partial charge in [0.25, 0.3) is 0 Å². The van der Waals surface area contributed by atoms with E-state index in [-0.39, 0.29) is 23.9 Å². The lowest BCUT2D eigenvalue weighted by atomic mass is 10.0. The van der Waals surface area contributed by atoms with E-state index in [1.165, 1.54) is 0 Å². The van der Waals surface area contributed by atoms with Crippen molar-refractivity contribution in [2.75, 3.05) is 12.0 Å². The van der Waals surface area contributed by atoms with Crippen molar-refractivity contribution in [2.24, 2.45) is 0 Å². The van der Waals surface area contributed by atoms with Gasteiger partial charge in [-0.2, -0.15) is 11.8 Å². The molecule has 0 bridgehead atoms. The highest BCUT2D eigenvalue weighted by atomic mass is 32.2. The van der Waals surface area contributed by atoms with Crippen LogP contribution in [0.1, 0.15) is 71.0 Å². The predicted octanol–water partition coefficient (Wildman–Crippen LogP) is 4.20. The van der Waals surface area contributed by atoms with Crippen LogP contribution in [0.5, 0.6) is 0 Å². The molecule has 2 unspecified atom stereocenters. The van der Waals surface area contributed by atoms with Crippen LogP contribution < -0.4 is 10.6 Å². The van der Waals surface area contributed by atoms with E-state index in [0.717, 1.165) is 24.0 Å². The first-order chi connectivity index (χ1) is 15.4. The van der Waals surface area contributed by atoms with Crippen LogP contribution in [-0.2, 0) is 14.3 Å². The van der Waals surface area contributed by atoms with Crippen LogP contribution in [0.4, 0.5) is 4.79 Å². The van der Waals surface area contributed by atoms with E-state index < -0.39 is 23.8 Å². The van der Waals surface area contributed by atoms with Gasteiger partial charge in [0.1, 0.15) is 17.7 Å². The molecule has 1 saturated carbocycles. The van der Waals surface area contributed by atoms with E-state index in [9.17, 15) is 14.4 Å². The summed E-state index contributed by atoms with van der Waals surface area (Å²) in [6.45, 7) is 11.1. The number of hydrogen-bond acceptors (Lipinski definition) is 5. The Balaban J connectivity index is 2.39. The highest BCUT2D eigenvalue weighted by molar-refractivity contribution is 7.98. The van der Waals surface area contributed by atoms with Gasteiger partial charge in [0, 0.05) is 12.1 Å². The Hall–Kier alpha value is -2.22. The molecule has 8 heteroatoms. The largest absolute Gasteiger partial charge is 0.444 e. The van der Waals surface area contributed by atoms with E-state index in [1.54, 1.807) is 37.4 Å². The summed E-state index contributed by atoms with van der Waals surface area (Å²) in [6.07, 6.45) is 3.46. The molecular weight excluding hydrogens is 438 g/mol. The molecule has 1 aliphatic rings. The normalized spacial score (nSPS) is 15.5. The highest BCUT2D eigenvalue weighted by Gasteiger charge is 2.44. The average molecular weight is 478 g/mol. The van der Waals surface area contributed by atoms with Crippen LogP contribution in [0.2, 0.25) is 0 Å². The number of aryl methyl sites for hydroxylation is 1. The van der Waals surface area contributed by atoms with Gasteiger partial charge in [0.15, 0.2) is 0 Å². The number of alkyl carbamates (subject to hydrolysis) is 1. The number of carbonyl (C=O) groups excluding carboxylic acids is 3. The number of thioether (sulfide) groups is 1. The third kappa shape index (κ3) is 8.57. The van der Waals surface area contributed by atoms with Gasteiger partial charge < -0.3 is 20.3 Å². The van der Waals surface area contributed by atoms with Crippen molar-refractivity contribution in [2.45, 2.75) is 90.6 Å². The lowest BCUT2D eigenvalue weighted by Gasteiger charge is -2.35. The summed E-state index contributed by atoms with van der Waals surface area (Å²) in [5.74, 6) is 0.231. The molecule has 1 aromatic carbocycles. The van der Waals surface area contributed by atoms with Gasteiger partial charge in [0.2, 0.25) is 11.8 Å². The Labute approximate surface area is 202 Å². The molecule has 2 rings (SSSR count). The minimum Gasteiger partial charge on any atom is -0.444 e. The van der Waals surface area contributed by atoms with Crippen LogP contribution in [0.25, 0.3) is 0 Å². The Morgan fingerprint density at radius 3 is 2.21 bits per heavy atom. The van der Waals surface area contributed by atoms with Gasteiger partial charge in [-0.05, 0) is 78.4 Å². The fourth-order valence-electron chi connectivity index (χ4n) is 3.54. The summed E-state index contributed by atoms with van der Waals surface area (Å²) in [5, 5.41) is 5.75. The Morgan fingerprint density at radius 1 is 1.12 bits per heavy atom. The first-order valence-electron chi connectivity index (χ1n) is 11.6. The van der Waals surface area contributed by atoms with Gasteiger partial charge in [-0.3, -0.25) is 9.59 Å². The zero-order valence-corrected chi connectivity index (χ0v) is 21.8. The highest BCUT2D eigenvalue weighted by Crippen LogP contribution is 2.36. The number of benzene rings is 1. The molecule has 2 atom stereocenters. The van der Waals surface area contributed by atoms with E-state index in [0.29, 0.717) is 12.2 Å². The van der Waals surface area contributed by atoms with Crippen LogP contribution in [0, 0.1) is 6.92 Å². The fourth-order valence-corrected chi connectivity index (χ4v) is 4.02. The maximum Gasteiger partial charge on any atom is 0.408 e.